The number of amides is 1. The molecule has 0 N–H and O–H groups in total. The average Bonchev–Trinajstić information content (AvgIpc) is 2.64. The van der Waals surface area contributed by atoms with E-state index in [9.17, 15) is 13.2 Å². The zero-order chi connectivity index (χ0) is 19.6. The lowest BCUT2D eigenvalue weighted by Gasteiger charge is -2.32. The summed E-state index contributed by atoms with van der Waals surface area (Å²) in [6.07, 6.45) is 1.83. The van der Waals surface area contributed by atoms with Gasteiger partial charge in [-0.15, -0.1) is 0 Å². The molecule has 0 bridgehead atoms. The van der Waals surface area contributed by atoms with Crippen molar-refractivity contribution in [2.24, 2.45) is 5.92 Å². The number of ether oxygens (including phenoxy) is 2. The molecule has 0 atom stereocenters. The highest BCUT2D eigenvalue weighted by atomic mass is 32.2. The number of carbonyl (C=O) groups is 1. The normalized spacial score (nSPS) is 18.0. The van der Waals surface area contributed by atoms with Crippen molar-refractivity contribution in [3.63, 3.8) is 0 Å². The summed E-state index contributed by atoms with van der Waals surface area (Å²) in [4.78, 5) is 14.6. The first-order valence-electron chi connectivity index (χ1n) is 9.65. The molecule has 150 valence electrons. The number of benzene rings is 1. The molecule has 0 unspecified atom stereocenters. The summed E-state index contributed by atoms with van der Waals surface area (Å²) < 4.78 is 35.5. The molecule has 0 spiro atoms. The topological polar surface area (TPSA) is 72.9 Å². The van der Waals surface area contributed by atoms with Gasteiger partial charge in [0.25, 0.3) is 0 Å². The van der Waals surface area contributed by atoms with Crippen LogP contribution in [-0.4, -0.2) is 56.5 Å². The summed E-state index contributed by atoms with van der Waals surface area (Å²) in [6.45, 7) is 7.73. The molecular formula is C20H29NO5S. The van der Waals surface area contributed by atoms with E-state index < -0.39 is 9.84 Å². The van der Waals surface area contributed by atoms with Crippen LogP contribution in [0.25, 0.3) is 0 Å². The number of hydrogen-bond donors (Lipinski definition) is 0. The van der Waals surface area contributed by atoms with E-state index in [0.29, 0.717) is 32.7 Å². The fourth-order valence-electron chi connectivity index (χ4n) is 3.63. The molecule has 1 aromatic carbocycles. The first kappa shape index (κ1) is 20.0. The van der Waals surface area contributed by atoms with Gasteiger partial charge in [-0.2, -0.15) is 0 Å². The number of carbonyl (C=O) groups excluding carboxylic acids is 1. The van der Waals surface area contributed by atoms with E-state index in [4.69, 9.17) is 9.47 Å². The Bertz CT molecular complexity index is 795. The van der Waals surface area contributed by atoms with E-state index >= 15 is 0 Å². The summed E-state index contributed by atoms with van der Waals surface area (Å²) in [5, 5.41) is -0.338. The summed E-state index contributed by atoms with van der Waals surface area (Å²) >= 11 is 0. The number of sulfone groups is 1. The van der Waals surface area contributed by atoms with Crippen molar-refractivity contribution in [1.29, 1.82) is 0 Å². The Hall–Kier alpha value is -1.76. The lowest BCUT2D eigenvalue weighted by atomic mass is 9.97. The fraction of sp³-hybridized carbons (Fsp3) is 0.650. The molecule has 0 aromatic heterocycles. The predicted molar refractivity (Wildman–Crippen MR) is 104 cm³/mol. The minimum atomic E-state index is -3.03. The smallest absolute Gasteiger partial charge is 0.227 e. The quantitative estimate of drug-likeness (QED) is 0.765. The monoisotopic (exact) mass is 395 g/mol. The van der Waals surface area contributed by atoms with Gasteiger partial charge in [-0.3, -0.25) is 4.79 Å². The third kappa shape index (κ3) is 4.57. The van der Waals surface area contributed by atoms with Crippen LogP contribution in [-0.2, 0) is 21.1 Å². The number of hydrogen-bond acceptors (Lipinski definition) is 5. The number of likely N-dealkylation sites (tertiary alicyclic amines) is 1. The third-order valence-corrected chi connectivity index (χ3v) is 7.94. The Morgan fingerprint density at radius 2 is 1.85 bits per heavy atom. The maximum atomic E-state index is 12.7. The van der Waals surface area contributed by atoms with E-state index in [1.165, 1.54) is 0 Å². The van der Waals surface area contributed by atoms with Gasteiger partial charge < -0.3 is 14.4 Å². The van der Waals surface area contributed by atoms with Crippen molar-refractivity contribution in [2.75, 3.05) is 32.1 Å². The largest absolute Gasteiger partial charge is 0.486 e. The summed E-state index contributed by atoms with van der Waals surface area (Å²) in [5.74, 6) is 1.94. The second-order valence-electron chi connectivity index (χ2n) is 7.75. The van der Waals surface area contributed by atoms with Gasteiger partial charge in [0, 0.05) is 13.1 Å². The summed E-state index contributed by atoms with van der Waals surface area (Å²) in [6, 6.07) is 3.80. The van der Waals surface area contributed by atoms with E-state index in [1.807, 2.05) is 24.0 Å². The Morgan fingerprint density at radius 1 is 1.19 bits per heavy atom. The molecule has 0 radical (unpaired) electrons. The highest BCUT2D eigenvalue weighted by molar-refractivity contribution is 7.91. The molecule has 1 saturated heterocycles. The molecule has 2 aliphatic heterocycles. The second kappa shape index (κ2) is 8.09. The van der Waals surface area contributed by atoms with Gasteiger partial charge in [-0.1, -0.05) is 6.07 Å². The van der Waals surface area contributed by atoms with Gasteiger partial charge >= 0.3 is 0 Å². The van der Waals surface area contributed by atoms with E-state index in [-0.39, 0.29) is 22.8 Å². The molecular weight excluding hydrogens is 366 g/mol. The maximum Gasteiger partial charge on any atom is 0.227 e. The minimum Gasteiger partial charge on any atom is -0.486 e. The Labute approximate surface area is 161 Å². The minimum absolute atomic E-state index is 0.0833. The first-order valence-corrected chi connectivity index (χ1v) is 11.4. The molecule has 1 amide bonds. The molecule has 1 fully saturated rings. The SMILES string of the molecule is Cc1c(CC(=O)N2CCC(CS(=O)(=O)C(C)C)CC2)ccc2c1OCCO2. The molecule has 7 heteroatoms. The Morgan fingerprint density at radius 3 is 2.52 bits per heavy atom. The lowest BCUT2D eigenvalue weighted by Crippen LogP contribution is -2.41. The van der Waals surface area contributed by atoms with Crippen LogP contribution in [0.1, 0.15) is 37.8 Å². The van der Waals surface area contributed by atoms with Crippen molar-refractivity contribution < 1.29 is 22.7 Å². The van der Waals surface area contributed by atoms with Crippen molar-refractivity contribution in [1.82, 2.24) is 4.90 Å². The number of fused-ring (bicyclic) bond motifs is 1. The molecule has 3 rings (SSSR count). The van der Waals surface area contributed by atoms with Crippen molar-refractivity contribution in [3.8, 4) is 11.5 Å². The van der Waals surface area contributed by atoms with Gasteiger partial charge in [0.15, 0.2) is 21.3 Å². The number of rotatable bonds is 5. The maximum absolute atomic E-state index is 12.7. The summed E-state index contributed by atoms with van der Waals surface area (Å²) in [7, 11) is -3.03. The zero-order valence-electron chi connectivity index (χ0n) is 16.4. The second-order valence-corrected chi connectivity index (χ2v) is 10.4. The van der Waals surface area contributed by atoms with Gasteiger partial charge in [0.2, 0.25) is 5.91 Å². The number of piperidine rings is 1. The average molecular weight is 396 g/mol. The lowest BCUT2D eigenvalue weighted by molar-refractivity contribution is -0.131. The van der Waals surface area contributed by atoms with Crippen molar-refractivity contribution in [2.45, 2.75) is 45.3 Å². The van der Waals surface area contributed by atoms with Gasteiger partial charge in [-0.25, -0.2) is 8.42 Å². The molecule has 0 saturated carbocycles. The van der Waals surface area contributed by atoms with Gasteiger partial charge in [0.1, 0.15) is 13.2 Å². The van der Waals surface area contributed by atoms with Crippen LogP contribution in [0.3, 0.4) is 0 Å². The molecule has 2 heterocycles. The standard InChI is InChI=1S/C20H29NO5S/c1-14(2)27(23,24)13-16-6-8-21(9-7-16)19(22)12-17-4-5-18-20(15(17)3)26-11-10-25-18/h4-5,14,16H,6-13H2,1-3H3. The van der Waals surface area contributed by atoms with Crippen molar-refractivity contribution in [3.05, 3.63) is 23.3 Å². The Balaban J connectivity index is 1.57. The summed E-state index contributed by atoms with van der Waals surface area (Å²) in [5.41, 5.74) is 1.91. The van der Waals surface area contributed by atoms with Crippen LogP contribution in [0.4, 0.5) is 0 Å². The molecule has 0 aliphatic carbocycles. The van der Waals surface area contributed by atoms with Crippen LogP contribution < -0.4 is 9.47 Å². The van der Waals surface area contributed by atoms with E-state index in [1.54, 1.807) is 13.8 Å². The third-order valence-electron chi connectivity index (χ3n) is 5.56. The van der Waals surface area contributed by atoms with Crippen LogP contribution in [0.15, 0.2) is 12.1 Å². The van der Waals surface area contributed by atoms with E-state index in [0.717, 1.165) is 35.5 Å². The molecule has 6 nitrogen and oxygen atoms in total. The number of nitrogens with zero attached hydrogens (tertiary/aromatic N) is 1. The Kier molecular flexibility index (Phi) is 5.99. The first-order chi connectivity index (χ1) is 12.8. The van der Waals surface area contributed by atoms with Crippen LogP contribution in [0.5, 0.6) is 11.5 Å². The van der Waals surface area contributed by atoms with Crippen LogP contribution >= 0.6 is 0 Å². The fourth-order valence-corrected chi connectivity index (χ4v) is 5.01. The zero-order valence-corrected chi connectivity index (χ0v) is 17.2. The molecule has 1 aromatic rings. The highest BCUT2D eigenvalue weighted by Crippen LogP contribution is 2.35. The molecule has 2 aliphatic rings. The highest BCUT2D eigenvalue weighted by Gasteiger charge is 2.28. The van der Waals surface area contributed by atoms with Crippen molar-refractivity contribution >= 4 is 15.7 Å². The van der Waals surface area contributed by atoms with E-state index in [2.05, 4.69) is 0 Å². The van der Waals surface area contributed by atoms with Crippen LogP contribution in [0.2, 0.25) is 0 Å². The van der Waals surface area contributed by atoms with Crippen LogP contribution in [0, 0.1) is 12.8 Å². The molecule has 27 heavy (non-hydrogen) atoms. The predicted octanol–water partition coefficient (Wildman–Crippen LogP) is 2.37. The van der Waals surface area contributed by atoms with Gasteiger partial charge in [-0.05, 0) is 56.7 Å². The van der Waals surface area contributed by atoms with Gasteiger partial charge in [0.05, 0.1) is 17.4 Å².